The van der Waals surface area contributed by atoms with Crippen LogP contribution >= 0.6 is 0 Å². The van der Waals surface area contributed by atoms with Gasteiger partial charge >= 0.3 is 0 Å². The third-order valence-electron chi connectivity index (χ3n) is 3.60. The van der Waals surface area contributed by atoms with Crippen LogP contribution in [0.1, 0.15) is 23.6 Å². The molecule has 0 atom stereocenters. The molecule has 0 saturated heterocycles. The lowest BCUT2D eigenvalue weighted by Crippen LogP contribution is -2.04. The van der Waals surface area contributed by atoms with Crippen molar-refractivity contribution in [1.82, 2.24) is 0 Å². The minimum Gasteiger partial charge on any atom is -0.494 e. The molecule has 23 heavy (non-hydrogen) atoms. The lowest BCUT2D eigenvalue weighted by Gasteiger charge is -2.02. The fraction of sp³-hybridized carbons (Fsp3) is 0.150. The van der Waals surface area contributed by atoms with Gasteiger partial charge in [0.25, 0.3) is 0 Å². The Morgan fingerprint density at radius 1 is 1.09 bits per heavy atom. The molecule has 1 heterocycles. The third kappa shape index (κ3) is 3.34. The highest BCUT2D eigenvalue weighted by atomic mass is 16.5. The highest BCUT2D eigenvalue weighted by Crippen LogP contribution is 2.16. The average Bonchev–Trinajstić information content (AvgIpc) is 2.56. The molecule has 2 aromatic carbocycles. The molecule has 3 heteroatoms. The van der Waals surface area contributed by atoms with E-state index in [1.54, 1.807) is 6.08 Å². The van der Waals surface area contributed by atoms with Gasteiger partial charge in [0.1, 0.15) is 17.6 Å². The normalized spacial score (nSPS) is 11.2. The van der Waals surface area contributed by atoms with Crippen LogP contribution < -0.4 is 10.2 Å². The second-order valence-electron chi connectivity index (χ2n) is 5.36. The van der Waals surface area contributed by atoms with Crippen LogP contribution in [-0.2, 0) is 0 Å². The van der Waals surface area contributed by atoms with Gasteiger partial charge in [-0.05, 0) is 49.8 Å². The predicted octanol–water partition coefficient (Wildman–Crippen LogP) is 4.67. The molecule has 0 fully saturated rings. The van der Waals surface area contributed by atoms with Crippen LogP contribution in [0.3, 0.4) is 0 Å². The number of hydrogen-bond acceptors (Lipinski definition) is 3. The number of rotatable bonds is 4. The fourth-order valence-corrected chi connectivity index (χ4v) is 2.40. The van der Waals surface area contributed by atoms with Gasteiger partial charge in [0.05, 0.1) is 17.6 Å². The van der Waals surface area contributed by atoms with E-state index in [1.165, 1.54) is 6.26 Å². The van der Waals surface area contributed by atoms with Gasteiger partial charge < -0.3 is 9.15 Å². The van der Waals surface area contributed by atoms with Crippen molar-refractivity contribution in [2.45, 2.75) is 13.8 Å². The van der Waals surface area contributed by atoms with E-state index < -0.39 is 0 Å². The molecule has 0 N–H and O–H groups in total. The van der Waals surface area contributed by atoms with Crippen molar-refractivity contribution >= 4 is 23.1 Å². The minimum atomic E-state index is -0.0165. The Hall–Kier alpha value is -2.81. The maximum absolute atomic E-state index is 12.5. The van der Waals surface area contributed by atoms with Gasteiger partial charge in [-0.15, -0.1) is 0 Å². The van der Waals surface area contributed by atoms with Crippen molar-refractivity contribution in [3.8, 4) is 5.75 Å². The Morgan fingerprint density at radius 3 is 2.61 bits per heavy atom. The molecular formula is C20H18O3. The van der Waals surface area contributed by atoms with Gasteiger partial charge in [-0.2, -0.15) is 0 Å². The van der Waals surface area contributed by atoms with Crippen LogP contribution in [0, 0.1) is 6.92 Å². The summed E-state index contributed by atoms with van der Waals surface area (Å²) < 4.78 is 11.0. The number of benzene rings is 2. The monoisotopic (exact) mass is 306 g/mol. The third-order valence-corrected chi connectivity index (χ3v) is 3.60. The van der Waals surface area contributed by atoms with Crippen LogP contribution in [0.25, 0.3) is 23.1 Å². The van der Waals surface area contributed by atoms with Crippen molar-refractivity contribution in [3.05, 3.63) is 75.6 Å². The van der Waals surface area contributed by atoms with Gasteiger partial charge in [-0.1, -0.05) is 29.8 Å². The standard InChI is InChI=1S/C20H18O3/c1-3-22-17-9-6-15(7-10-17)5-8-16-13-23-19-11-4-14(2)12-18(19)20(16)21/h4-13H,3H2,1-2H3. The summed E-state index contributed by atoms with van der Waals surface area (Å²) in [5.41, 5.74) is 3.17. The van der Waals surface area contributed by atoms with Crippen molar-refractivity contribution in [3.63, 3.8) is 0 Å². The Labute approximate surface area is 134 Å². The summed E-state index contributed by atoms with van der Waals surface area (Å²) in [4.78, 5) is 12.5. The molecule has 3 nitrogen and oxygen atoms in total. The first-order valence-corrected chi connectivity index (χ1v) is 7.60. The van der Waals surface area contributed by atoms with Gasteiger partial charge in [-0.3, -0.25) is 4.79 Å². The van der Waals surface area contributed by atoms with Gasteiger partial charge in [0.15, 0.2) is 5.43 Å². The Balaban J connectivity index is 1.91. The quantitative estimate of drug-likeness (QED) is 0.703. The summed E-state index contributed by atoms with van der Waals surface area (Å²) in [5.74, 6) is 0.838. The first-order chi connectivity index (χ1) is 11.2. The second-order valence-corrected chi connectivity index (χ2v) is 5.36. The molecule has 0 spiro atoms. The molecule has 0 saturated carbocycles. The lowest BCUT2D eigenvalue weighted by atomic mass is 10.1. The topological polar surface area (TPSA) is 39.4 Å². The van der Waals surface area contributed by atoms with Gasteiger partial charge in [0, 0.05) is 0 Å². The zero-order chi connectivity index (χ0) is 16.2. The van der Waals surface area contributed by atoms with Crippen LogP contribution in [0.2, 0.25) is 0 Å². The lowest BCUT2D eigenvalue weighted by molar-refractivity contribution is 0.340. The van der Waals surface area contributed by atoms with Crippen LogP contribution in [-0.4, -0.2) is 6.61 Å². The molecule has 0 amide bonds. The van der Waals surface area contributed by atoms with Crippen molar-refractivity contribution < 1.29 is 9.15 Å². The summed E-state index contributed by atoms with van der Waals surface area (Å²) in [5, 5.41) is 0.610. The molecule has 0 radical (unpaired) electrons. The van der Waals surface area contributed by atoms with Crippen molar-refractivity contribution in [1.29, 1.82) is 0 Å². The minimum absolute atomic E-state index is 0.0165. The van der Waals surface area contributed by atoms with E-state index in [1.807, 2.05) is 62.4 Å². The smallest absolute Gasteiger partial charge is 0.199 e. The molecule has 0 bridgehead atoms. The second kappa shape index (κ2) is 6.53. The number of fused-ring (bicyclic) bond motifs is 1. The first kappa shape index (κ1) is 15.1. The SMILES string of the molecule is CCOc1ccc(C=Cc2coc3ccc(C)cc3c2=O)cc1. The fourth-order valence-electron chi connectivity index (χ4n) is 2.40. The van der Waals surface area contributed by atoms with E-state index in [2.05, 4.69) is 0 Å². The van der Waals surface area contributed by atoms with E-state index in [4.69, 9.17) is 9.15 Å². The summed E-state index contributed by atoms with van der Waals surface area (Å²) in [6, 6.07) is 13.3. The Morgan fingerprint density at radius 2 is 1.87 bits per heavy atom. The highest BCUT2D eigenvalue weighted by Gasteiger charge is 2.04. The molecule has 0 aliphatic heterocycles. The zero-order valence-corrected chi connectivity index (χ0v) is 13.2. The summed E-state index contributed by atoms with van der Waals surface area (Å²) >= 11 is 0. The Kier molecular flexibility index (Phi) is 4.29. The maximum Gasteiger partial charge on any atom is 0.199 e. The average molecular weight is 306 g/mol. The van der Waals surface area contributed by atoms with E-state index in [0.717, 1.165) is 16.9 Å². The first-order valence-electron chi connectivity index (χ1n) is 7.60. The van der Waals surface area contributed by atoms with Crippen LogP contribution in [0.15, 0.2) is 57.9 Å². The van der Waals surface area contributed by atoms with E-state index in [0.29, 0.717) is 23.1 Å². The molecule has 0 unspecified atom stereocenters. The molecule has 0 aliphatic rings. The summed E-state index contributed by atoms with van der Waals surface area (Å²) in [6.07, 6.45) is 5.18. The van der Waals surface area contributed by atoms with Gasteiger partial charge in [-0.25, -0.2) is 0 Å². The number of hydrogen-bond donors (Lipinski definition) is 0. The number of aryl methyl sites for hydroxylation is 1. The van der Waals surface area contributed by atoms with E-state index in [9.17, 15) is 4.79 Å². The Bertz CT molecular complexity index is 902. The zero-order valence-electron chi connectivity index (χ0n) is 13.2. The molecule has 3 aromatic rings. The molecule has 3 rings (SSSR count). The van der Waals surface area contributed by atoms with Gasteiger partial charge in [0.2, 0.25) is 0 Å². The maximum atomic E-state index is 12.5. The largest absolute Gasteiger partial charge is 0.494 e. The summed E-state index contributed by atoms with van der Waals surface area (Å²) in [6.45, 7) is 4.56. The predicted molar refractivity (Wildman–Crippen MR) is 93.8 cm³/mol. The molecular weight excluding hydrogens is 288 g/mol. The molecule has 1 aromatic heterocycles. The molecule has 116 valence electrons. The highest BCUT2D eigenvalue weighted by molar-refractivity contribution is 5.81. The van der Waals surface area contributed by atoms with Crippen LogP contribution in [0.4, 0.5) is 0 Å². The van der Waals surface area contributed by atoms with Crippen LogP contribution in [0.5, 0.6) is 5.75 Å². The van der Waals surface area contributed by atoms with Crippen molar-refractivity contribution in [2.24, 2.45) is 0 Å². The summed E-state index contributed by atoms with van der Waals surface area (Å²) in [7, 11) is 0. The van der Waals surface area contributed by atoms with E-state index in [-0.39, 0.29) is 5.43 Å². The van der Waals surface area contributed by atoms with E-state index >= 15 is 0 Å². The molecule has 0 aliphatic carbocycles. The number of ether oxygens (including phenoxy) is 1. The van der Waals surface area contributed by atoms with Crippen molar-refractivity contribution in [2.75, 3.05) is 6.61 Å².